The van der Waals surface area contributed by atoms with Crippen molar-refractivity contribution in [1.82, 2.24) is 14.9 Å². The highest BCUT2D eigenvalue weighted by Crippen LogP contribution is 2.31. The number of thiophene rings is 1. The highest BCUT2D eigenvalue weighted by Gasteiger charge is 2.17. The van der Waals surface area contributed by atoms with Crippen molar-refractivity contribution < 1.29 is 14.3 Å². The van der Waals surface area contributed by atoms with Gasteiger partial charge in [-0.3, -0.25) is 14.2 Å². The summed E-state index contributed by atoms with van der Waals surface area (Å²) in [6, 6.07) is 16.8. The lowest BCUT2D eigenvalue weighted by molar-refractivity contribution is -0.122. The number of methoxy groups -OCH3 is 2. The molecule has 1 N–H and O–H groups in total. The lowest BCUT2D eigenvalue weighted by Crippen LogP contribution is -2.33. The number of carbonyl (C=O) groups is 1. The minimum Gasteiger partial charge on any atom is -0.497 e. The van der Waals surface area contributed by atoms with Crippen molar-refractivity contribution >= 4 is 27.5 Å². The number of aromatic nitrogens is 2. The molecule has 0 spiro atoms. The van der Waals surface area contributed by atoms with Crippen LogP contribution in [0.3, 0.4) is 0 Å². The third-order valence-electron chi connectivity index (χ3n) is 5.16. The minimum absolute atomic E-state index is 0.128. The van der Waals surface area contributed by atoms with Crippen LogP contribution >= 0.6 is 11.3 Å². The van der Waals surface area contributed by atoms with E-state index >= 15 is 0 Å². The van der Waals surface area contributed by atoms with E-state index in [0.29, 0.717) is 21.7 Å². The highest BCUT2D eigenvalue weighted by molar-refractivity contribution is 7.22. The molecular weight excluding hydrogens is 426 g/mol. The average Bonchev–Trinajstić information content (AvgIpc) is 3.26. The number of ether oxygens (including phenoxy) is 2. The molecule has 0 bridgehead atoms. The van der Waals surface area contributed by atoms with Crippen molar-refractivity contribution in [1.29, 1.82) is 0 Å². The minimum atomic E-state index is -0.341. The Labute approximate surface area is 189 Å². The number of hydrogen-bond acceptors (Lipinski definition) is 6. The van der Waals surface area contributed by atoms with Crippen LogP contribution in [-0.2, 0) is 11.3 Å². The molecule has 8 heteroatoms. The quantitative estimate of drug-likeness (QED) is 0.461. The van der Waals surface area contributed by atoms with Gasteiger partial charge in [0.25, 0.3) is 5.56 Å². The second-order valence-electron chi connectivity index (χ2n) is 7.27. The van der Waals surface area contributed by atoms with Gasteiger partial charge in [0, 0.05) is 10.4 Å². The summed E-state index contributed by atoms with van der Waals surface area (Å²) in [4.78, 5) is 31.0. The van der Waals surface area contributed by atoms with Crippen molar-refractivity contribution in [2.45, 2.75) is 19.5 Å². The van der Waals surface area contributed by atoms with Gasteiger partial charge in [-0.2, -0.15) is 0 Å². The van der Waals surface area contributed by atoms with Gasteiger partial charge in [0.05, 0.1) is 32.1 Å². The molecule has 7 nitrogen and oxygen atoms in total. The van der Waals surface area contributed by atoms with Crippen LogP contribution in [0.1, 0.15) is 18.5 Å². The smallest absolute Gasteiger partial charge is 0.271 e. The molecule has 0 fully saturated rings. The zero-order valence-electron chi connectivity index (χ0n) is 18.0. The third kappa shape index (κ3) is 4.36. The lowest BCUT2D eigenvalue weighted by Gasteiger charge is -2.18. The van der Waals surface area contributed by atoms with Crippen LogP contribution in [0.25, 0.3) is 20.7 Å². The molecule has 0 aliphatic carbocycles. The van der Waals surface area contributed by atoms with Crippen molar-refractivity contribution in [3.8, 4) is 21.9 Å². The Kier molecular flexibility index (Phi) is 6.23. The van der Waals surface area contributed by atoms with Crippen LogP contribution in [0.2, 0.25) is 0 Å². The van der Waals surface area contributed by atoms with Crippen molar-refractivity contribution in [2.24, 2.45) is 0 Å². The van der Waals surface area contributed by atoms with Crippen molar-refractivity contribution in [2.75, 3.05) is 14.2 Å². The average molecular weight is 450 g/mol. The van der Waals surface area contributed by atoms with Crippen LogP contribution in [0, 0.1) is 0 Å². The first-order valence-corrected chi connectivity index (χ1v) is 10.9. The molecule has 2 aromatic heterocycles. The van der Waals surface area contributed by atoms with E-state index in [1.165, 1.54) is 22.2 Å². The van der Waals surface area contributed by atoms with Crippen molar-refractivity contribution in [3.63, 3.8) is 0 Å². The predicted molar refractivity (Wildman–Crippen MR) is 125 cm³/mol. The molecule has 4 aromatic rings. The van der Waals surface area contributed by atoms with Gasteiger partial charge in [-0.25, -0.2) is 4.98 Å². The van der Waals surface area contributed by atoms with Gasteiger partial charge in [-0.15, -0.1) is 11.3 Å². The van der Waals surface area contributed by atoms with E-state index in [1.807, 2.05) is 49.4 Å². The molecule has 4 rings (SSSR count). The van der Waals surface area contributed by atoms with E-state index in [-0.39, 0.29) is 24.1 Å². The lowest BCUT2D eigenvalue weighted by atomic mass is 10.1. The Bertz CT molecular complexity index is 1310. The Balaban J connectivity index is 1.54. The van der Waals surface area contributed by atoms with Gasteiger partial charge in [0.2, 0.25) is 5.91 Å². The van der Waals surface area contributed by atoms with E-state index in [4.69, 9.17) is 9.47 Å². The molecule has 0 radical (unpaired) electrons. The molecule has 32 heavy (non-hydrogen) atoms. The fourth-order valence-electron chi connectivity index (χ4n) is 3.50. The first kappa shape index (κ1) is 21.6. The van der Waals surface area contributed by atoms with E-state index in [2.05, 4.69) is 10.3 Å². The fourth-order valence-corrected chi connectivity index (χ4v) is 4.57. The molecule has 0 unspecified atom stereocenters. The van der Waals surface area contributed by atoms with Gasteiger partial charge >= 0.3 is 0 Å². The largest absolute Gasteiger partial charge is 0.497 e. The summed E-state index contributed by atoms with van der Waals surface area (Å²) in [5.74, 6) is 1.01. The molecule has 1 amide bonds. The number of nitrogens with zero attached hydrogens (tertiary/aromatic N) is 2. The van der Waals surface area contributed by atoms with Gasteiger partial charge in [-0.05, 0) is 36.8 Å². The van der Waals surface area contributed by atoms with Gasteiger partial charge in [0.1, 0.15) is 22.7 Å². The van der Waals surface area contributed by atoms with Crippen LogP contribution in [0.4, 0.5) is 0 Å². The summed E-state index contributed by atoms with van der Waals surface area (Å²) in [5.41, 5.74) is 2.21. The molecule has 2 aromatic carbocycles. The van der Waals surface area contributed by atoms with Crippen molar-refractivity contribution in [3.05, 3.63) is 76.8 Å². The number of fused-ring (bicyclic) bond motifs is 1. The van der Waals surface area contributed by atoms with E-state index in [0.717, 1.165) is 16.0 Å². The number of hydrogen-bond donors (Lipinski definition) is 1. The summed E-state index contributed by atoms with van der Waals surface area (Å²) < 4.78 is 12.5. The molecule has 0 saturated heterocycles. The topological polar surface area (TPSA) is 82.4 Å². The van der Waals surface area contributed by atoms with Gasteiger partial charge < -0.3 is 14.8 Å². The molecular formula is C24H23N3O4S. The molecule has 0 aliphatic heterocycles. The van der Waals surface area contributed by atoms with Gasteiger partial charge in [0.15, 0.2) is 0 Å². The Morgan fingerprint density at radius 2 is 1.91 bits per heavy atom. The van der Waals surface area contributed by atoms with Crippen LogP contribution < -0.4 is 20.3 Å². The zero-order chi connectivity index (χ0) is 22.7. The fraction of sp³-hybridized carbons (Fsp3) is 0.208. The predicted octanol–water partition coefficient (Wildman–Crippen LogP) is 4.02. The van der Waals surface area contributed by atoms with Crippen LogP contribution in [0.5, 0.6) is 11.5 Å². The summed E-state index contributed by atoms with van der Waals surface area (Å²) in [5, 5.41) is 2.92. The molecule has 2 heterocycles. The molecule has 164 valence electrons. The monoisotopic (exact) mass is 449 g/mol. The molecule has 1 atom stereocenters. The zero-order valence-corrected chi connectivity index (χ0v) is 18.8. The summed E-state index contributed by atoms with van der Waals surface area (Å²) in [6.45, 7) is 1.72. The Morgan fingerprint density at radius 1 is 1.12 bits per heavy atom. The third-order valence-corrected chi connectivity index (χ3v) is 6.32. The SMILES string of the molecule is COc1ccc(OC)c([C@@H](C)NC(=O)Cn2cnc3cc(-c4ccccc4)sc3c2=O)c1. The Hall–Kier alpha value is -3.65. The summed E-state index contributed by atoms with van der Waals surface area (Å²) in [6.07, 6.45) is 1.42. The maximum atomic E-state index is 13.0. The van der Waals surface area contributed by atoms with E-state index < -0.39 is 0 Å². The van der Waals surface area contributed by atoms with Crippen LogP contribution in [0.15, 0.2) is 65.7 Å². The Morgan fingerprint density at radius 3 is 2.62 bits per heavy atom. The van der Waals surface area contributed by atoms with Gasteiger partial charge in [-0.1, -0.05) is 30.3 Å². The first-order valence-electron chi connectivity index (χ1n) is 10.1. The number of rotatable bonds is 7. The van der Waals surface area contributed by atoms with E-state index in [9.17, 15) is 9.59 Å². The standard InChI is InChI=1S/C24H23N3O4S/c1-15(18-11-17(30-2)9-10-20(18)31-3)26-22(28)13-27-14-25-19-12-21(32-23(19)24(27)29)16-7-5-4-6-8-16/h4-12,14-15H,13H2,1-3H3,(H,26,28)/t15-/m1/s1. The number of benzene rings is 2. The second kappa shape index (κ2) is 9.23. The number of nitrogens with one attached hydrogen (secondary N) is 1. The molecule has 0 aliphatic rings. The highest BCUT2D eigenvalue weighted by atomic mass is 32.1. The maximum Gasteiger partial charge on any atom is 0.271 e. The second-order valence-corrected chi connectivity index (χ2v) is 8.32. The van der Waals surface area contributed by atoms with Crippen LogP contribution in [-0.4, -0.2) is 29.7 Å². The normalized spacial score (nSPS) is 11.8. The molecule has 0 saturated carbocycles. The maximum absolute atomic E-state index is 13.0. The summed E-state index contributed by atoms with van der Waals surface area (Å²) >= 11 is 1.38. The number of amides is 1. The summed E-state index contributed by atoms with van der Waals surface area (Å²) in [7, 11) is 3.16. The number of carbonyl (C=O) groups excluding carboxylic acids is 1. The van der Waals surface area contributed by atoms with E-state index in [1.54, 1.807) is 26.4 Å². The first-order chi connectivity index (χ1) is 15.5.